The first kappa shape index (κ1) is 17.7. The highest BCUT2D eigenvalue weighted by atomic mass is 32.1. The second kappa shape index (κ2) is 7.74. The molecule has 126 valence electrons. The molecule has 0 radical (unpaired) electrons. The summed E-state index contributed by atoms with van der Waals surface area (Å²) in [5.41, 5.74) is 2.44. The van der Waals surface area contributed by atoms with E-state index in [2.05, 4.69) is 10.5 Å². The molecule has 2 rings (SSSR count). The number of esters is 1. The summed E-state index contributed by atoms with van der Waals surface area (Å²) in [6.07, 6.45) is 0.842. The van der Waals surface area contributed by atoms with Gasteiger partial charge in [-0.2, -0.15) is 5.10 Å². The number of hydrogen-bond acceptors (Lipinski definition) is 6. The van der Waals surface area contributed by atoms with E-state index in [9.17, 15) is 9.59 Å². The standard InChI is InChI=1S/C17H18N2O4S/c1-17(2,3)23-16(21)19-18-11-12-6-8-13(9-7-12)22-15(20)14-5-4-10-24-14/h4-11H,1-3H3,(H,19,21)/b18-11+. The van der Waals surface area contributed by atoms with Gasteiger partial charge in [0.1, 0.15) is 16.2 Å². The van der Waals surface area contributed by atoms with Gasteiger partial charge in [-0.15, -0.1) is 11.3 Å². The molecular weight excluding hydrogens is 328 g/mol. The summed E-state index contributed by atoms with van der Waals surface area (Å²) >= 11 is 1.32. The molecule has 0 aliphatic carbocycles. The van der Waals surface area contributed by atoms with Crippen LogP contribution in [0.2, 0.25) is 0 Å². The summed E-state index contributed by atoms with van der Waals surface area (Å²) in [6.45, 7) is 5.31. The number of hydrogen-bond donors (Lipinski definition) is 1. The average molecular weight is 346 g/mol. The monoisotopic (exact) mass is 346 g/mol. The molecule has 2 aromatic rings. The third-order valence-corrected chi connectivity index (χ3v) is 3.43. The van der Waals surface area contributed by atoms with Gasteiger partial charge in [0.2, 0.25) is 0 Å². The first-order valence-corrected chi connectivity index (χ1v) is 8.09. The van der Waals surface area contributed by atoms with Crippen LogP contribution in [0.3, 0.4) is 0 Å². The highest BCUT2D eigenvalue weighted by Crippen LogP contribution is 2.16. The number of carbonyl (C=O) groups excluding carboxylic acids is 2. The van der Waals surface area contributed by atoms with Gasteiger partial charge in [0.15, 0.2) is 0 Å². The number of rotatable bonds is 4. The lowest BCUT2D eigenvalue weighted by atomic mass is 10.2. The van der Waals surface area contributed by atoms with Gasteiger partial charge in [-0.3, -0.25) is 0 Å². The van der Waals surface area contributed by atoms with E-state index in [1.54, 1.807) is 57.2 Å². The Labute approximate surface area is 144 Å². The Bertz CT molecular complexity index is 716. The Morgan fingerprint density at radius 3 is 2.46 bits per heavy atom. The quantitative estimate of drug-likeness (QED) is 0.395. The van der Waals surface area contributed by atoms with Crippen LogP contribution in [-0.4, -0.2) is 23.9 Å². The molecule has 0 saturated heterocycles. The maximum Gasteiger partial charge on any atom is 0.428 e. The molecule has 6 nitrogen and oxygen atoms in total. The van der Waals surface area contributed by atoms with Crippen molar-refractivity contribution in [1.82, 2.24) is 5.43 Å². The SMILES string of the molecule is CC(C)(C)OC(=O)N/N=C/c1ccc(OC(=O)c2cccs2)cc1. The number of carbonyl (C=O) groups is 2. The van der Waals surface area contributed by atoms with Gasteiger partial charge in [0, 0.05) is 0 Å². The molecule has 1 heterocycles. The van der Waals surface area contributed by atoms with Gasteiger partial charge >= 0.3 is 12.1 Å². The van der Waals surface area contributed by atoms with Crippen molar-refractivity contribution in [1.29, 1.82) is 0 Å². The summed E-state index contributed by atoms with van der Waals surface area (Å²) in [7, 11) is 0. The first-order valence-electron chi connectivity index (χ1n) is 7.21. The molecule has 24 heavy (non-hydrogen) atoms. The summed E-state index contributed by atoms with van der Waals surface area (Å²) in [5, 5.41) is 5.61. The van der Waals surface area contributed by atoms with Crippen molar-refractivity contribution in [2.24, 2.45) is 5.10 Å². The maximum atomic E-state index is 11.8. The largest absolute Gasteiger partial charge is 0.443 e. The van der Waals surface area contributed by atoms with E-state index in [0.29, 0.717) is 10.6 Å². The zero-order chi connectivity index (χ0) is 17.6. The average Bonchev–Trinajstić information content (AvgIpc) is 3.01. The van der Waals surface area contributed by atoms with E-state index < -0.39 is 17.7 Å². The van der Waals surface area contributed by atoms with E-state index in [0.717, 1.165) is 5.56 Å². The Kier molecular flexibility index (Phi) is 5.70. The van der Waals surface area contributed by atoms with E-state index in [-0.39, 0.29) is 0 Å². The highest BCUT2D eigenvalue weighted by Gasteiger charge is 2.15. The van der Waals surface area contributed by atoms with E-state index in [1.807, 2.05) is 5.38 Å². The van der Waals surface area contributed by atoms with Gasteiger partial charge in [0.05, 0.1) is 6.21 Å². The second-order valence-electron chi connectivity index (χ2n) is 5.81. The Hall–Kier alpha value is -2.67. The van der Waals surface area contributed by atoms with Gasteiger partial charge < -0.3 is 9.47 Å². The summed E-state index contributed by atoms with van der Waals surface area (Å²) in [6, 6.07) is 10.2. The smallest absolute Gasteiger partial charge is 0.428 e. The Morgan fingerprint density at radius 2 is 1.88 bits per heavy atom. The van der Waals surface area contributed by atoms with Crippen LogP contribution in [0.1, 0.15) is 36.0 Å². The summed E-state index contributed by atoms with van der Waals surface area (Å²) in [5.74, 6) is 0.0451. The molecular formula is C17H18N2O4S. The van der Waals surface area contributed by atoms with Crippen LogP contribution in [0.5, 0.6) is 5.75 Å². The number of nitrogens with zero attached hydrogens (tertiary/aromatic N) is 1. The predicted octanol–water partition coefficient (Wildman–Crippen LogP) is 3.83. The Balaban J connectivity index is 1.87. The minimum Gasteiger partial charge on any atom is -0.443 e. The van der Waals surface area contributed by atoms with Crippen molar-refractivity contribution in [2.45, 2.75) is 26.4 Å². The molecule has 1 N–H and O–H groups in total. The fourth-order valence-electron chi connectivity index (χ4n) is 1.63. The van der Waals surface area contributed by atoms with Gasteiger partial charge in [-0.1, -0.05) is 6.07 Å². The number of thiophene rings is 1. The van der Waals surface area contributed by atoms with Crippen LogP contribution < -0.4 is 10.2 Å². The van der Waals surface area contributed by atoms with Crippen molar-refractivity contribution in [2.75, 3.05) is 0 Å². The molecule has 7 heteroatoms. The molecule has 0 saturated carbocycles. The van der Waals surface area contributed by atoms with E-state index >= 15 is 0 Å². The minimum absolute atomic E-state index is 0.391. The molecule has 0 atom stereocenters. The third-order valence-electron chi connectivity index (χ3n) is 2.58. The molecule has 1 aromatic carbocycles. The zero-order valence-corrected chi connectivity index (χ0v) is 14.4. The molecule has 0 spiro atoms. The fourth-order valence-corrected chi connectivity index (χ4v) is 2.23. The molecule has 0 bridgehead atoms. The lowest BCUT2D eigenvalue weighted by Gasteiger charge is -2.18. The number of ether oxygens (including phenoxy) is 2. The van der Waals surface area contributed by atoms with Crippen LogP contribution in [0.15, 0.2) is 46.9 Å². The van der Waals surface area contributed by atoms with Crippen molar-refractivity contribution in [3.05, 3.63) is 52.2 Å². The van der Waals surface area contributed by atoms with Crippen LogP contribution in [0.25, 0.3) is 0 Å². The van der Waals surface area contributed by atoms with Crippen molar-refractivity contribution in [3.63, 3.8) is 0 Å². The van der Waals surface area contributed by atoms with E-state index in [4.69, 9.17) is 9.47 Å². The molecule has 0 unspecified atom stereocenters. The van der Waals surface area contributed by atoms with Crippen LogP contribution >= 0.6 is 11.3 Å². The second-order valence-corrected chi connectivity index (χ2v) is 6.76. The fraction of sp³-hybridized carbons (Fsp3) is 0.235. The van der Waals surface area contributed by atoms with Crippen molar-refractivity contribution in [3.8, 4) is 5.75 Å². The number of hydrazone groups is 1. The van der Waals surface area contributed by atoms with Gasteiger partial charge in [-0.05, 0) is 62.0 Å². The van der Waals surface area contributed by atoms with Crippen LogP contribution in [0.4, 0.5) is 4.79 Å². The molecule has 0 aliphatic rings. The molecule has 0 aliphatic heterocycles. The minimum atomic E-state index is -0.625. The number of benzene rings is 1. The lowest BCUT2D eigenvalue weighted by molar-refractivity contribution is 0.0529. The summed E-state index contributed by atoms with van der Waals surface area (Å²) in [4.78, 5) is 23.8. The number of nitrogens with one attached hydrogen (secondary N) is 1. The molecule has 0 fully saturated rings. The van der Waals surface area contributed by atoms with Crippen LogP contribution in [0, 0.1) is 0 Å². The molecule has 1 aromatic heterocycles. The van der Waals surface area contributed by atoms with Gasteiger partial charge in [-0.25, -0.2) is 15.0 Å². The number of amides is 1. The normalized spacial score (nSPS) is 11.3. The van der Waals surface area contributed by atoms with Crippen molar-refractivity contribution >= 4 is 29.6 Å². The van der Waals surface area contributed by atoms with Gasteiger partial charge in [0.25, 0.3) is 0 Å². The Morgan fingerprint density at radius 1 is 1.17 bits per heavy atom. The van der Waals surface area contributed by atoms with Crippen molar-refractivity contribution < 1.29 is 19.1 Å². The lowest BCUT2D eigenvalue weighted by Crippen LogP contribution is -2.29. The van der Waals surface area contributed by atoms with Crippen LogP contribution in [-0.2, 0) is 4.74 Å². The maximum absolute atomic E-state index is 11.8. The summed E-state index contributed by atoms with van der Waals surface area (Å²) < 4.78 is 10.3. The molecule has 1 amide bonds. The topological polar surface area (TPSA) is 77.0 Å². The zero-order valence-electron chi connectivity index (χ0n) is 13.6. The third kappa shape index (κ3) is 5.85. The first-order chi connectivity index (χ1) is 11.3. The van der Waals surface area contributed by atoms with E-state index in [1.165, 1.54) is 17.6 Å². The predicted molar refractivity (Wildman–Crippen MR) is 92.7 cm³/mol. The highest BCUT2D eigenvalue weighted by molar-refractivity contribution is 7.12.